The van der Waals surface area contributed by atoms with E-state index in [1.54, 1.807) is 0 Å². The molecule has 0 aliphatic carbocycles. The minimum Gasteiger partial charge on any atom is -0.0843 e. The summed E-state index contributed by atoms with van der Waals surface area (Å²) in [5.74, 6) is 0. The van der Waals surface area contributed by atoms with Crippen LogP contribution in [0.5, 0.6) is 0 Å². The van der Waals surface area contributed by atoms with Gasteiger partial charge in [0.1, 0.15) is 0 Å². The first kappa shape index (κ1) is 9.71. The fourth-order valence-electron chi connectivity index (χ4n) is 0.0690. The maximum Gasteiger partial charge on any atom is 0.0874 e. The molecule has 0 spiro atoms. The van der Waals surface area contributed by atoms with Crippen molar-refractivity contribution in [3.63, 3.8) is 0 Å². The predicted octanol–water partition coefficient (Wildman–Crippen LogP) is 4.72. The Balaban J connectivity index is 2.97. The van der Waals surface area contributed by atoms with Crippen molar-refractivity contribution in [2.75, 3.05) is 0 Å². The lowest BCUT2D eigenvalue weighted by atomic mass is 11.3. The van der Waals surface area contributed by atoms with Crippen LogP contribution in [-0.4, -0.2) is 0 Å². The smallest absolute Gasteiger partial charge is 0.0843 e. The van der Waals surface area contributed by atoms with Gasteiger partial charge in [-0.1, -0.05) is 34.0 Å². The average Bonchev–Trinajstić information content (AvgIpc) is 1.61. The van der Waals surface area contributed by atoms with Crippen molar-refractivity contribution in [2.24, 2.45) is 0 Å². The van der Waals surface area contributed by atoms with Crippen LogP contribution >= 0.6 is 80.5 Å². The molecule has 0 saturated heterocycles. The van der Waals surface area contributed by atoms with E-state index in [4.69, 9.17) is 0 Å². The molecule has 0 aromatic carbocycles. The third-order valence-corrected chi connectivity index (χ3v) is 6.39. The molecule has 0 radical (unpaired) electrons. The molecule has 0 N–H and O–H groups in total. The Bertz CT molecular complexity index is 64.0. The molecule has 0 aromatic rings. The van der Waals surface area contributed by atoms with Crippen LogP contribution in [0.3, 0.4) is 0 Å². The van der Waals surface area contributed by atoms with Crippen LogP contribution in [0.15, 0.2) is 9.49 Å². The van der Waals surface area contributed by atoms with Crippen molar-refractivity contribution in [1.82, 2.24) is 0 Å². The van der Waals surface area contributed by atoms with Crippen LogP contribution in [0.1, 0.15) is 0 Å². The SMILES string of the molecule is I/C=C\SP(I)I. The molecule has 0 rings (SSSR count). The number of hydrogen-bond donors (Lipinski definition) is 0. The quantitative estimate of drug-likeness (QED) is 0.416. The van der Waals surface area contributed by atoms with Crippen LogP contribution in [0.2, 0.25) is 0 Å². The standard InChI is InChI=1S/C2H2I3PS/c3-1-2-7-6(4)5/h1-2H/b2-1-. The third-order valence-electron chi connectivity index (χ3n) is 0.192. The van der Waals surface area contributed by atoms with E-state index in [1.165, 1.54) is 0 Å². The zero-order chi connectivity index (χ0) is 5.70. The summed E-state index contributed by atoms with van der Waals surface area (Å²) in [6, 6.07) is 0. The Labute approximate surface area is 88.3 Å². The number of halogens is 3. The van der Waals surface area contributed by atoms with E-state index in [-0.39, 0.29) is 2.41 Å². The van der Waals surface area contributed by atoms with E-state index in [0.29, 0.717) is 0 Å². The van der Waals surface area contributed by atoms with Gasteiger partial charge >= 0.3 is 0 Å². The molecule has 0 unspecified atom stereocenters. The summed E-state index contributed by atoms with van der Waals surface area (Å²) in [7, 11) is 0. The minimum atomic E-state index is 0.159. The normalized spacial score (nSPS) is 11.4. The Kier molecular flexibility index (Phi) is 9.47. The van der Waals surface area contributed by atoms with Crippen molar-refractivity contribution >= 4 is 80.5 Å². The second-order valence-corrected chi connectivity index (χ2v) is 19.2. The summed E-state index contributed by atoms with van der Waals surface area (Å²) in [5, 5.41) is 2.12. The van der Waals surface area contributed by atoms with Gasteiger partial charge in [0.2, 0.25) is 0 Å². The molecule has 0 aliphatic heterocycles. The second-order valence-electron chi connectivity index (χ2n) is 0.569. The first-order valence-electron chi connectivity index (χ1n) is 1.31. The monoisotopic (exact) mass is 470 g/mol. The van der Waals surface area contributed by atoms with Crippen LogP contribution in [0.4, 0.5) is 0 Å². The van der Waals surface area contributed by atoms with Gasteiger partial charge in [-0.2, -0.15) is 0 Å². The summed E-state index contributed by atoms with van der Waals surface area (Å²) in [6.07, 6.45) is 0. The van der Waals surface area contributed by atoms with Crippen LogP contribution in [0.25, 0.3) is 0 Å². The van der Waals surface area contributed by atoms with Crippen LogP contribution < -0.4 is 0 Å². The Morgan fingerprint density at radius 3 is 2.14 bits per heavy atom. The fraction of sp³-hybridized carbons (Fsp3) is 0. The highest BCUT2D eigenvalue weighted by Crippen LogP contribution is 2.65. The highest BCUT2D eigenvalue weighted by Gasteiger charge is 1.89. The molecule has 0 amide bonds. The average molecular weight is 470 g/mol. The highest BCUT2D eigenvalue weighted by molar-refractivity contribution is 14.3. The lowest BCUT2D eigenvalue weighted by molar-refractivity contribution is 2.65. The molecule has 0 aromatic heterocycles. The molecule has 7 heavy (non-hydrogen) atoms. The van der Waals surface area contributed by atoms with Gasteiger partial charge < -0.3 is 0 Å². The van der Waals surface area contributed by atoms with E-state index in [2.05, 4.69) is 72.1 Å². The summed E-state index contributed by atoms with van der Waals surface area (Å²) >= 11 is 8.96. The summed E-state index contributed by atoms with van der Waals surface area (Å²) in [5.41, 5.74) is 0. The first-order valence-corrected chi connectivity index (χ1v) is 11.0. The van der Waals surface area contributed by atoms with Gasteiger partial charge in [0.05, 0.1) is 2.41 Å². The van der Waals surface area contributed by atoms with Crippen LogP contribution in [-0.2, 0) is 0 Å². The Morgan fingerprint density at radius 1 is 1.43 bits per heavy atom. The lowest BCUT2D eigenvalue weighted by Crippen LogP contribution is -1.27. The molecule has 0 aliphatic rings. The summed E-state index contributed by atoms with van der Waals surface area (Å²) in [6.45, 7) is 0. The van der Waals surface area contributed by atoms with E-state index in [9.17, 15) is 0 Å². The maximum atomic E-state index is 2.43. The zero-order valence-electron chi connectivity index (χ0n) is 3.14. The van der Waals surface area contributed by atoms with Crippen molar-refractivity contribution in [2.45, 2.75) is 0 Å². The minimum absolute atomic E-state index is 0.159. The van der Waals surface area contributed by atoms with Crippen molar-refractivity contribution < 1.29 is 0 Å². The summed E-state index contributed by atoms with van der Waals surface area (Å²) < 4.78 is 2.20. The van der Waals surface area contributed by atoms with Crippen molar-refractivity contribution in [1.29, 1.82) is 0 Å². The van der Waals surface area contributed by atoms with Gasteiger partial charge in [-0.15, -0.1) is 0 Å². The van der Waals surface area contributed by atoms with Gasteiger partial charge in [-0.3, -0.25) is 0 Å². The van der Waals surface area contributed by atoms with E-state index in [1.807, 2.05) is 15.5 Å². The molecular weight excluding hydrogens is 468 g/mol. The molecule has 0 saturated carbocycles. The number of hydrogen-bond acceptors (Lipinski definition) is 1. The summed E-state index contributed by atoms with van der Waals surface area (Å²) in [4.78, 5) is 0. The lowest BCUT2D eigenvalue weighted by Gasteiger charge is -1.88. The van der Waals surface area contributed by atoms with Crippen LogP contribution in [0, 0.1) is 0 Å². The largest absolute Gasteiger partial charge is 0.0874 e. The van der Waals surface area contributed by atoms with Crippen molar-refractivity contribution in [3.05, 3.63) is 9.49 Å². The molecule has 0 nitrogen and oxygen atoms in total. The second kappa shape index (κ2) is 6.82. The fourth-order valence-corrected chi connectivity index (χ4v) is 4.17. The van der Waals surface area contributed by atoms with Crippen molar-refractivity contribution in [3.8, 4) is 0 Å². The van der Waals surface area contributed by atoms with E-state index < -0.39 is 0 Å². The van der Waals surface area contributed by atoms with Gasteiger partial charge in [0.25, 0.3) is 0 Å². The van der Waals surface area contributed by atoms with Gasteiger partial charge in [-0.25, -0.2) is 0 Å². The molecule has 0 atom stereocenters. The van der Waals surface area contributed by atoms with E-state index >= 15 is 0 Å². The predicted molar refractivity (Wildman–Crippen MR) is 65.7 cm³/mol. The maximum absolute atomic E-state index is 2.43. The Morgan fingerprint density at radius 2 is 2.00 bits per heavy atom. The molecular formula is C2H2I3PS. The molecule has 0 bridgehead atoms. The molecule has 5 heteroatoms. The third kappa shape index (κ3) is 8.71. The van der Waals surface area contributed by atoms with E-state index in [0.717, 1.165) is 0 Å². The zero-order valence-corrected chi connectivity index (χ0v) is 11.3. The van der Waals surface area contributed by atoms with Gasteiger partial charge in [0.15, 0.2) is 0 Å². The molecule has 0 fully saturated rings. The molecule has 42 valence electrons. The topological polar surface area (TPSA) is 0 Å². The highest BCUT2D eigenvalue weighted by atomic mass is 127. The molecule has 0 heterocycles. The number of rotatable bonds is 2. The van der Waals surface area contributed by atoms with Gasteiger partial charge in [0, 0.05) is 0 Å². The first-order chi connectivity index (χ1) is 3.27. The van der Waals surface area contributed by atoms with Gasteiger partial charge in [-0.05, 0) is 53.6 Å². The Hall–Kier alpha value is 2.71.